The zero-order valence-electron chi connectivity index (χ0n) is 11.2. The van der Waals surface area contributed by atoms with Crippen LogP contribution in [0.25, 0.3) is 0 Å². The Hall–Kier alpha value is -0.870. The Kier molecular flexibility index (Phi) is 4.99. The summed E-state index contributed by atoms with van der Waals surface area (Å²) in [5.41, 5.74) is 0.731. The van der Waals surface area contributed by atoms with Crippen molar-refractivity contribution in [3.8, 4) is 0 Å². The third-order valence-corrected chi connectivity index (χ3v) is 4.56. The largest absolute Gasteiger partial charge is 0.396 e. The maximum absolute atomic E-state index is 12.4. The summed E-state index contributed by atoms with van der Waals surface area (Å²) in [4.78, 5) is 14.2. The smallest absolute Gasteiger partial charge is 0.253 e. The average Bonchev–Trinajstić information content (AvgIpc) is 2.46. The summed E-state index contributed by atoms with van der Waals surface area (Å²) in [5, 5.41) is 9.14. The first-order valence-electron chi connectivity index (χ1n) is 6.75. The quantitative estimate of drug-likeness (QED) is 0.927. The fraction of sp³-hybridized carbons (Fsp3) is 0.533. The number of aliphatic hydroxyl groups excluding tert-OH is 1. The van der Waals surface area contributed by atoms with Gasteiger partial charge < -0.3 is 10.0 Å². The van der Waals surface area contributed by atoms with Crippen molar-refractivity contribution in [1.82, 2.24) is 4.90 Å². The predicted octanol–water partition coefficient (Wildman–Crippen LogP) is 3.07. The minimum Gasteiger partial charge on any atom is -0.396 e. The van der Waals surface area contributed by atoms with Gasteiger partial charge in [-0.15, -0.1) is 0 Å². The van der Waals surface area contributed by atoms with Crippen molar-refractivity contribution in [2.24, 2.45) is 5.92 Å². The first kappa shape index (κ1) is 14.5. The molecule has 3 nitrogen and oxygen atoms in total. The van der Waals surface area contributed by atoms with Gasteiger partial charge in [0, 0.05) is 29.7 Å². The normalized spacial score (nSPS) is 23.1. The van der Waals surface area contributed by atoms with E-state index in [4.69, 9.17) is 5.11 Å². The highest BCUT2D eigenvalue weighted by Crippen LogP contribution is 2.27. The molecule has 19 heavy (non-hydrogen) atoms. The number of halogens is 1. The Morgan fingerprint density at radius 3 is 2.37 bits per heavy atom. The van der Waals surface area contributed by atoms with E-state index in [0.717, 1.165) is 35.7 Å². The molecule has 0 unspecified atom stereocenters. The SMILES string of the molecule is CN(C(=O)c1ccc(Br)cc1)C1CCC(CO)CC1. The second-order valence-electron chi connectivity index (χ2n) is 5.28. The minimum absolute atomic E-state index is 0.0833. The summed E-state index contributed by atoms with van der Waals surface area (Å²) in [6.45, 7) is 0.275. The molecule has 1 fully saturated rings. The number of nitrogens with zero attached hydrogens (tertiary/aromatic N) is 1. The highest BCUT2D eigenvalue weighted by molar-refractivity contribution is 9.10. The lowest BCUT2D eigenvalue weighted by atomic mass is 9.86. The molecule has 4 heteroatoms. The molecular weight excluding hydrogens is 306 g/mol. The molecule has 1 N–H and O–H groups in total. The van der Waals surface area contributed by atoms with Crippen LogP contribution in [0.15, 0.2) is 28.7 Å². The van der Waals surface area contributed by atoms with Crippen molar-refractivity contribution in [2.75, 3.05) is 13.7 Å². The average molecular weight is 326 g/mol. The van der Waals surface area contributed by atoms with Crippen LogP contribution in [0.2, 0.25) is 0 Å². The maximum atomic E-state index is 12.4. The highest BCUT2D eigenvalue weighted by atomic mass is 79.9. The Morgan fingerprint density at radius 1 is 1.26 bits per heavy atom. The third-order valence-electron chi connectivity index (χ3n) is 4.03. The van der Waals surface area contributed by atoms with E-state index in [0.29, 0.717) is 12.0 Å². The Morgan fingerprint density at radius 2 is 1.84 bits per heavy atom. The molecule has 0 aliphatic heterocycles. The molecule has 1 aromatic carbocycles. The van der Waals surface area contributed by atoms with Gasteiger partial charge in [0.15, 0.2) is 0 Å². The lowest BCUT2D eigenvalue weighted by molar-refractivity contribution is 0.0653. The number of carbonyl (C=O) groups is 1. The first-order valence-corrected chi connectivity index (χ1v) is 7.54. The number of rotatable bonds is 3. The van der Waals surface area contributed by atoms with Gasteiger partial charge in [0.1, 0.15) is 0 Å². The van der Waals surface area contributed by atoms with Gasteiger partial charge in [-0.2, -0.15) is 0 Å². The third kappa shape index (κ3) is 3.57. The van der Waals surface area contributed by atoms with Crippen LogP contribution >= 0.6 is 15.9 Å². The van der Waals surface area contributed by atoms with Crippen molar-refractivity contribution < 1.29 is 9.90 Å². The predicted molar refractivity (Wildman–Crippen MR) is 79.1 cm³/mol. The molecule has 0 saturated heterocycles. The lowest BCUT2D eigenvalue weighted by Gasteiger charge is -2.34. The van der Waals surface area contributed by atoms with Crippen LogP contribution in [0, 0.1) is 5.92 Å². The molecular formula is C15H20BrNO2. The number of amides is 1. The van der Waals surface area contributed by atoms with E-state index in [-0.39, 0.29) is 12.5 Å². The van der Waals surface area contributed by atoms with Crippen molar-refractivity contribution in [2.45, 2.75) is 31.7 Å². The molecule has 0 bridgehead atoms. The van der Waals surface area contributed by atoms with Gasteiger partial charge in [-0.1, -0.05) is 15.9 Å². The number of carbonyl (C=O) groups excluding carboxylic acids is 1. The molecule has 104 valence electrons. The molecule has 0 heterocycles. The summed E-state index contributed by atoms with van der Waals surface area (Å²) >= 11 is 3.37. The Balaban J connectivity index is 1.98. The van der Waals surface area contributed by atoms with Gasteiger partial charge in [0.05, 0.1) is 0 Å². The molecule has 0 aromatic heterocycles. The van der Waals surface area contributed by atoms with Gasteiger partial charge in [-0.3, -0.25) is 4.79 Å². The molecule has 0 spiro atoms. The number of hydrogen-bond donors (Lipinski definition) is 1. The van der Waals surface area contributed by atoms with E-state index in [9.17, 15) is 4.79 Å². The minimum atomic E-state index is 0.0833. The molecule has 1 aromatic rings. The zero-order valence-corrected chi connectivity index (χ0v) is 12.8. The zero-order chi connectivity index (χ0) is 13.8. The fourth-order valence-electron chi connectivity index (χ4n) is 2.68. The first-order chi connectivity index (χ1) is 9.11. The number of aliphatic hydroxyl groups is 1. The van der Waals surface area contributed by atoms with Gasteiger partial charge in [0.2, 0.25) is 0 Å². The van der Waals surface area contributed by atoms with E-state index in [1.54, 1.807) is 0 Å². The van der Waals surface area contributed by atoms with E-state index in [2.05, 4.69) is 15.9 Å². The topological polar surface area (TPSA) is 40.5 Å². The summed E-state index contributed by atoms with van der Waals surface area (Å²) in [7, 11) is 1.88. The van der Waals surface area contributed by atoms with Crippen molar-refractivity contribution >= 4 is 21.8 Å². The number of benzene rings is 1. The van der Waals surface area contributed by atoms with Crippen LogP contribution < -0.4 is 0 Å². The monoisotopic (exact) mass is 325 g/mol. The molecule has 0 atom stereocenters. The molecule has 0 radical (unpaired) electrons. The van der Waals surface area contributed by atoms with Crippen molar-refractivity contribution in [3.05, 3.63) is 34.3 Å². The van der Waals surface area contributed by atoms with Crippen LogP contribution in [0.5, 0.6) is 0 Å². The number of hydrogen-bond acceptors (Lipinski definition) is 2. The van der Waals surface area contributed by atoms with Crippen molar-refractivity contribution in [1.29, 1.82) is 0 Å². The van der Waals surface area contributed by atoms with Crippen LogP contribution in [-0.4, -0.2) is 35.6 Å². The summed E-state index contributed by atoms with van der Waals surface area (Å²) in [6, 6.07) is 7.79. The van der Waals surface area contributed by atoms with E-state index in [1.165, 1.54) is 0 Å². The highest BCUT2D eigenvalue weighted by Gasteiger charge is 2.26. The molecule has 1 aliphatic carbocycles. The molecule has 1 saturated carbocycles. The fourth-order valence-corrected chi connectivity index (χ4v) is 2.94. The van der Waals surface area contributed by atoms with E-state index >= 15 is 0 Å². The van der Waals surface area contributed by atoms with Crippen molar-refractivity contribution in [3.63, 3.8) is 0 Å². The van der Waals surface area contributed by atoms with Crippen LogP contribution in [0.3, 0.4) is 0 Å². The van der Waals surface area contributed by atoms with Gasteiger partial charge >= 0.3 is 0 Å². The van der Waals surface area contributed by atoms with Crippen LogP contribution in [0.4, 0.5) is 0 Å². The van der Waals surface area contributed by atoms with Crippen LogP contribution in [-0.2, 0) is 0 Å². The standard InChI is InChI=1S/C15H20BrNO2/c1-17(14-8-2-11(10-18)3-9-14)15(19)12-4-6-13(16)7-5-12/h4-7,11,14,18H,2-3,8-10H2,1H3. The molecule has 2 rings (SSSR count). The maximum Gasteiger partial charge on any atom is 0.253 e. The molecule has 1 amide bonds. The molecule has 1 aliphatic rings. The van der Waals surface area contributed by atoms with Gasteiger partial charge in [-0.25, -0.2) is 0 Å². The van der Waals surface area contributed by atoms with E-state index in [1.807, 2.05) is 36.2 Å². The summed E-state index contributed by atoms with van der Waals surface area (Å²) in [5.74, 6) is 0.507. The lowest BCUT2D eigenvalue weighted by Crippen LogP contribution is -2.39. The second-order valence-corrected chi connectivity index (χ2v) is 6.20. The van der Waals surface area contributed by atoms with Crippen LogP contribution in [0.1, 0.15) is 36.0 Å². The Bertz CT molecular complexity index is 424. The Labute approximate surface area is 122 Å². The van der Waals surface area contributed by atoms with Gasteiger partial charge in [0.25, 0.3) is 5.91 Å². The van der Waals surface area contributed by atoms with E-state index < -0.39 is 0 Å². The summed E-state index contributed by atoms with van der Waals surface area (Å²) < 4.78 is 0.982. The summed E-state index contributed by atoms with van der Waals surface area (Å²) in [6.07, 6.45) is 4.01. The van der Waals surface area contributed by atoms with Gasteiger partial charge in [-0.05, 0) is 55.9 Å². The second kappa shape index (κ2) is 6.53.